The molecule has 0 N–H and O–H groups in total. The lowest BCUT2D eigenvalue weighted by Gasteiger charge is -2.51. The van der Waals surface area contributed by atoms with Crippen LogP contribution < -0.4 is 0 Å². The number of aryl methyl sites for hydroxylation is 1. The zero-order valence-electron chi connectivity index (χ0n) is 32.0. The summed E-state index contributed by atoms with van der Waals surface area (Å²) in [7, 11) is 0. The molecule has 286 valence electrons. The van der Waals surface area contributed by atoms with Crippen molar-refractivity contribution in [1.82, 2.24) is 0 Å². The molecule has 0 unspecified atom stereocenters. The van der Waals surface area contributed by atoms with E-state index in [9.17, 15) is 0 Å². The number of hydrogen-bond donors (Lipinski definition) is 0. The van der Waals surface area contributed by atoms with Gasteiger partial charge in [-0.1, -0.05) is 171 Å². The Morgan fingerprint density at radius 2 is 1.04 bits per heavy atom. The van der Waals surface area contributed by atoms with Gasteiger partial charge in [0.25, 0.3) is 0 Å². The summed E-state index contributed by atoms with van der Waals surface area (Å²) < 4.78 is 35.0. The normalized spacial score (nSPS) is 21.6. The molecular formula is C50H50O5S. The SMILES string of the molecule is CCc1ccc(Cc2ccc3c(c2)[C@]2(OC3)S[C@H](COCc3ccccc3)[C@@H](OCc3ccccc3)[C@H](OCc3ccccc3)[C@H]2OCc2ccccc2)cc1. The second-order valence-corrected chi connectivity index (χ2v) is 16.1. The van der Waals surface area contributed by atoms with E-state index in [4.69, 9.17) is 23.7 Å². The van der Waals surface area contributed by atoms with Gasteiger partial charge in [-0.2, -0.15) is 0 Å². The summed E-state index contributed by atoms with van der Waals surface area (Å²) in [6, 6.07) is 57.2. The van der Waals surface area contributed by atoms with Gasteiger partial charge in [-0.05, 0) is 57.3 Å². The van der Waals surface area contributed by atoms with E-state index in [0.29, 0.717) is 39.6 Å². The molecule has 6 aromatic carbocycles. The zero-order valence-corrected chi connectivity index (χ0v) is 32.8. The van der Waals surface area contributed by atoms with Crippen LogP contribution in [0.2, 0.25) is 0 Å². The lowest BCUT2D eigenvalue weighted by molar-refractivity contribution is -0.207. The largest absolute Gasteiger partial charge is 0.376 e. The summed E-state index contributed by atoms with van der Waals surface area (Å²) >= 11 is 1.77. The zero-order chi connectivity index (χ0) is 38.0. The van der Waals surface area contributed by atoms with Crippen LogP contribution in [0.5, 0.6) is 0 Å². The fraction of sp³-hybridized carbons (Fsp3) is 0.280. The summed E-state index contributed by atoms with van der Waals surface area (Å²) in [6.45, 7) is 4.86. The number of benzene rings is 6. The maximum Gasteiger partial charge on any atom is 0.169 e. The molecule has 0 aliphatic carbocycles. The highest BCUT2D eigenvalue weighted by Gasteiger charge is 2.60. The Balaban J connectivity index is 1.19. The van der Waals surface area contributed by atoms with Gasteiger partial charge in [0.2, 0.25) is 0 Å². The fourth-order valence-electron chi connectivity index (χ4n) is 7.75. The van der Waals surface area contributed by atoms with Gasteiger partial charge < -0.3 is 23.7 Å². The molecule has 6 heteroatoms. The first-order valence-corrected chi connectivity index (χ1v) is 20.6. The molecule has 56 heavy (non-hydrogen) atoms. The quantitative estimate of drug-likeness (QED) is 0.0979. The molecule has 1 saturated heterocycles. The molecule has 0 radical (unpaired) electrons. The number of hydrogen-bond acceptors (Lipinski definition) is 6. The van der Waals surface area contributed by atoms with Gasteiger partial charge in [-0.25, -0.2) is 0 Å². The van der Waals surface area contributed by atoms with Crippen LogP contribution >= 0.6 is 11.8 Å². The van der Waals surface area contributed by atoms with E-state index in [0.717, 1.165) is 40.7 Å². The minimum absolute atomic E-state index is 0.143. The lowest BCUT2D eigenvalue weighted by Crippen LogP contribution is -2.61. The Bertz CT molecular complexity index is 2100. The predicted molar refractivity (Wildman–Crippen MR) is 224 cm³/mol. The van der Waals surface area contributed by atoms with Crippen LogP contribution in [0.15, 0.2) is 164 Å². The van der Waals surface area contributed by atoms with Crippen LogP contribution in [0.3, 0.4) is 0 Å². The molecule has 2 aliphatic heterocycles. The van der Waals surface area contributed by atoms with E-state index in [1.165, 1.54) is 22.3 Å². The Labute approximate surface area is 336 Å². The number of fused-ring (bicyclic) bond motifs is 2. The summed E-state index contributed by atoms with van der Waals surface area (Å²) in [5, 5.41) is -0.143. The Morgan fingerprint density at radius 3 is 1.61 bits per heavy atom. The van der Waals surface area contributed by atoms with E-state index in [2.05, 4.69) is 146 Å². The Hall–Kier alpha value is -4.53. The third kappa shape index (κ3) is 9.19. The second kappa shape index (κ2) is 18.6. The van der Waals surface area contributed by atoms with Gasteiger partial charge >= 0.3 is 0 Å². The molecule has 2 aliphatic rings. The van der Waals surface area contributed by atoms with Crippen LogP contribution in [0.25, 0.3) is 0 Å². The fourth-order valence-corrected chi connectivity index (χ4v) is 9.51. The first-order valence-electron chi connectivity index (χ1n) is 19.8. The average Bonchev–Trinajstić information content (AvgIpc) is 3.61. The van der Waals surface area contributed by atoms with E-state index in [-0.39, 0.29) is 11.4 Å². The summed E-state index contributed by atoms with van der Waals surface area (Å²) in [4.78, 5) is -0.874. The summed E-state index contributed by atoms with van der Waals surface area (Å²) in [5.74, 6) is 0. The minimum atomic E-state index is -0.874. The molecule has 0 aromatic heterocycles. The van der Waals surface area contributed by atoms with Crippen molar-refractivity contribution in [3.63, 3.8) is 0 Å². The van der Waals surface area contributed by atoms with Crippen molar-refractivity contribution in [2.24, 2.45) is 0 Å². The number of rotatable bonds is 16. The third-order valence-corrected chi connectivity index (χ3v) is 12.4. The minimum Gasteiger partial charge on any atom is -0.376 e. The summed E-state index contributed by atoms with van der Waals surface area (Å²) in [6.07, 6.45) is 0.473. The Kier molecular flexibility index (Phi) is 12.7. The van der Waals surface area contributed by atoms with Crippen molar-refractivity contribution in [2.75, 3.05) is 6.61 Å². The standard InChI is InChI=1S/C50H50O5S/c1-2-37-23-25-38(26-24-37)29-43-27-28-44-35-55-50(45(44)30-43)49(54-34-42-21-13-6-14-22-42)48(53-33-41-19-11-5-12-20-41)47(52-32-40-17-9-4-10-18-40)46(56-50)36-51-31-39-15-7-3-8-16-39/h3-28,30,46-49H,2,29,31-36H2,1H3/t46-,47-,48+,49-,50+/m1/s1. The molecule has 0 saturated carbocycles. The van der Waals surface area contributed by atoms with Crippen molar-refractivity contribution >= 4 is 11.8 Å². The maximum absolute atomic E-state index is 7.16. The van der Waals surface area contributed by atoms with Crippen molar-refractivity contribution < 1.29 is 23.7 Å². The van der Waals surface area contributed by atoms with Crippen LogP contribution in [-0.4, -0.2) is 30.2 Å². The highest BCUT2D eigenvalue weighted by Crippen LogP contribution is 2.57. The first-order chi connectivity index (χ1) is 27.7. The van der Waals surface area contributed by atoms with Crippen LogP contribution in [0, 0.1) is 0 Å². The smallest absolute Gasteiger partial charge is 0.169 e. The Morgan fingerprint density at radius 1 is 0.536 bits per heavy atom. The molecule has 5 atom stereocenters. The molecule has 0 amide bonds. The van der Waals surface area contributed by atoms with Crippen LogP contribution in [0.1, 0.15) is 57.0 Å². The molecular weight excluding hydrogens is 713 g/mol. The van der Waals surface area contributed by atoms with E-state index in [1.807, 2.05) is 24.3 Å². The van der Waals surface area contributed by atoms with Crippen LogP contribution in [0.4, 0.5) is 0 Å². The molecule has 5 nitrogen and oxygen atoms in total. The van der Waals surface area contributed by atoms with E-state index >= 15 is 0 Å². The number of ether oxygens (including phenoxy) is 5. The molecule has 1 fully saturated rings. The van der Waals surface area contributed by atoms with Crippen molar-refractivity contribution in [2.45, 2.75) is 81.3 Å². The molecule has 8 rings (SSSR count). The second-order valence-electron chi connectivity index (χ2n) is 14.7. The maximum atomic E-state index is 7.16. The highest BCUT2D eigenvalue weighted by atomic mass is 32.2. The van der Waals surface area contributed by atoms with Gasteiger partial charge in [0.1, 0.15) is 18.3 Å². The van der Waals surface area contributed by atoms with E-state index in [1.54, 1.807) is 11.8 Å². The average molecular weight is 763 g/mol. The monoisotopic (exact) mass is 762 g/mol. The van der Waals surface area contributed by atoms with Gasteiger partial charge in [0, 0.05) is 5.56 Å². The van der Waals surface area contributed by atoms with Gasteiger partial charge in [-0.15, -0.1) is 11.8 Å². The highest BCUT2D eigenvalue weighted by molar-refractivity contribution is 8.00. The van der Waals surface area contributed by atoms with Crippen molar-refractivity contribution in [3.8, 4) is 0 Å². The predicted octanol–water partition coefficient (Wildman–Crippen LogP) is 10.6. The molecule has 6 aromatic rings. The van der Waals surface area contributed by atoms with E-state index < -0.39 is 17.1 Å². The lowest BCUT2D eigenvalue weighted by atomic mass is 9.90. The van der Waals surface area contributed by atoms with Crippen molar-refractivity contribution in [1.29, 1.82) is 0 Å². The molecule has 1 spiro atoms. The van der Waals surface area contributed by atoms with Crippen LogP contribution in [-0.2, 0) is 74.5 Å². The summed E-state index contributed by atoms with van der Waals surface area (Å²) in [5.41, 5.74) is 10.6. The third-order valence-electron chi connectivity index (χ3n) is 10.8. The number of thioether (sulfide) groups is 1. The molecule has 0 bridgehead atoms. The van der Waals surface area contributed by atoms with Gasteiger partial charge in [0.15, 0.2) is 4.93 Å². The van der Waals surface area contributed by atoms with Gasteiger partial charge in [-0.3, -0.25) is 0 Å². The first kappa shape index (κ1) is 38.3. The van der Waals surface area contributed by atoms with Crippen molar-refractivity contribution in [3.05, 3.63) is 214 Å². The molecule has 2 heterocycles. The van der Waals surface area contributed by atoms with Gasteiger partial charge in [0.05, 0.1) is 44.9 Å². The topological polar surface area (TPSA) is 46.2 Å².